The second-order valence-electron chi connectivity index (χ2n) is 5.13. The Morgan fingerprint density at radius 2 is 2.05 bits per heavy atom. The average molecular weight is 257 g/mol. The molecule has 2 heterocycles. The molecule has 1 aromatic carbocycles. The normalized spacial score (nSPS) is 15.7. The van der Waals surface area contributed by atoms with Crippen molar-refractivity contribution in [3.63, 3.8) is 0 Å². The molecule has 2 N–H and O–H groups in total. The molecule has 0 radical (unpaired) electrons. The van der Waals surface area contributed by atoms with Crippen LogP contribution in [0.5, 0.6) is 5.75 Å². The van der Waals surface area contributed by atoms with Gasteiger partial charge in [0.2, 0.25) is 0 Å². The van der Waals surface area contributed by atoms with Crippen molar-refractivity contribution in [1.29, 1.82) is 0 Å². The third kappa shape index (κ3) is 2.15. The molecule has 19 heavy (non-hydrogen) atoms. The van der Waals surface area contributed by atoms with Crippen molar-refractivity contribution in [2.24, 2.45) is 5.73 Å². The Labute approximate surface area is 113 Å². The van der Waals surface area contributed by atoms with Crippen LogP contribution in [-0.2, 0) is 6.42 Å². The van der Waals surface area contributed by atoms with E-state index in [1.807, 2.05) is 19.9 Å². The van der Waals surface area contributed by atoms with Gasteiger partial charge in [-0.1, -0.05) is 18.2 Å². The molecule has 0 aliphatic carbocycles. The lowest BCUT2D eigenvalue weighted by Crippen LogP contribution is -2.17. The Bertz CT molecular complexity index is 601. The molecule has 100 valence electrons. The average Bonchev–Trinajstić information content (AvgIpc) is 2.76. The molecule has 0 fully saturated rings. The Morgan fingerprint density at radius 1 is 1.21 bits per heavy atom. The Kier molecular flexibility index (Phi) is 3.07. The maximum absolute atomic E-state index is 6.41. The highest BCUT2D eigenvalue weighted by Crippen LogP contribution is 2.35. The van der Waals surface area contributed by atoms with Gasteiger partial charge in [0.05, 0.1) is 12.6 Å². The van der Waals surface area contributed by atoms with Crippen molar-refractivity contribution in [2.45, 2.75) is 32.7 Å². The second-order valence-corrected chi connectivity index (χ2v) is 5.13. The van der Waals surface area contributed by atoms with Gasteiger partial charge in [0, 0.05) is 11.1 Å². The van der Waals surface area contributed by atoms with Crippen molar-refractivity contribution in [3.05, 3.63) is 52.5 Å². The van der Waals surface area contributed by atoms with E-state index in [0.29, 0.717) is 0 Å². The van der Waals surface area contributed by atoms with E-state index in [1.54, 1.807) is 0 Å². The first-order chi connectivity index (χ1) is 9.16. The fourth-order valence-corrected chi connectivity index (χ4v) is 2.79. The molecular formula is C16H19NO2. The van der Waals surface area contributed by atoms with E-state index < -0.39 is 0 Å². The van der Waals surface area contributed by atoms with Crippen LogP contribution in [0.4, 0.5) is 0 Å². The van der Waals surface area contributed by atoms with Gasteiger partial charge in [0.15, 0.2) is 0 Å². The highest BCUT2D eigenvalue weighted by molar-refractivity contribution is 5.48. The maximum atomic E-state index is 6.41. The van der Waals surface area contributed by atoms with Gasteiger partial charge in [-0.25, -0.2) is 0 Å². The first-order valence-corrected chi connectivity index (χ1v) is 6.74. The smallest absolute Gasteiger partial charge is 0.127 e. The maximum Gasteiger partial charge on any atom is 0.127 e. The van der Waals surface area contributed by atoms with Crippen LogP contribution < -0.4 is 10.5 Å². The van der Waals surface area contributed by atoms with Crippen LogP contribution in [0, 0.1) is 13.8 Å². The molecule has 3 nitrogen and oxygen atoms in total. The molecule has 1 aliphatic heterocycles. The number of fused-ring (bicyclic) bond motifs is 1. The molecule has 0 spiro atoms. The van der Waals surface area contributed by atoms with E-state index in [2.05, 4.69) is 18.2 Å². The zero-order chi connectivity index (χ0) is 13.4. The predicted molar refractivity (Wildman–Crippen MR) is 74.5 cm³/mol. The van der Waals surface area contributed by atoms with Gasteiger partial charge in [-0.3, -0.25) is 0 Å². The minimum Gasteiger partial charge on any atom is -0.493 e. The van der Waals surface area contributed by atoms with Gasteiger partial charge in [0.1, 0.15) is 17.3 Å². The van der Waals surface area contributed by atoms with Crippen LogP contribution in [0.2, 0.25) is 0 Å². The number of ether oxygens (including phenoxy) is 1. The topological polar surface area (TPSA) is 48.4 Å². The van der Waals surface area contributed by atoms with Crippen LogP contribution in [-0.4, -0.2) is 6.61 Å². The fourth-order valence-electron chi connectivity index (χ4n) is 2.79. The molecule has 3 heteroatoms. The summed E-state index contributed by atoms with van der Waals surface area (Å²) >= 11 is 0. The summed E-state index contributed by atoms with van der Waals surface area (Å²) in [4.78, 5) is 0. The Balaban J connectivity index is 2.04. The number of furan rings is 1. The third-order valence-electron chi connectivity index (χ3n) is 3.71. The van der Waals surface area contributed by atoms with Gasteiger partial charge in [0.25, 0.3) is 0 Å². The molecule has 3 rings (SSSR count). The number of para-hydroxylation sites is 1. The first kappa shape index (κ1) is 12.3. The lowest BCUT2D eigenvalue weighted by atomic mass is 9.94. The summed E-state index contributed by atoms with van der Waals surface area (Å²) in [5.74, 6) is 2.76. The van der Waals surface area contributed by atoms with Crippen LogP contribution in [0.1, 0.15) is 40.7 Å². The first-order valence-electron chi connectivity index (χ1n) is 6.74. The van der Waals surface area contributed by atoms with Crippen LogP contribution >= 0.6 is 0 Å². The molecule has 1 aromatic heterocycles. The van der Waals surface area contributed by atoms with E-state index in [4.69, 9.17) is 14.9 Å². The predicted octanol–water partition coefficient (Wildman–Crippen LogP) is 3.27. The number of rotatable bonds is 2. The third-order valence-corrected chi connectivity index (χ3v) is 3.71. The molecule has 0 amide bonds. The van der Waals surface area contributed by atoms with Gasteiger partial charge in [-0.05, 0) is 38.3 Å². The molecule has 1 aliphatic rings. The zero-order valence-corrected chi connectivity index (χ0v) is 11.4. The highest BCUT2D eigenvalue weighted by Gasteiger charge is 2.22. The number of nitrogens with two attached hydrogens (primary N) is 1. The zero-order valence-electron chi connectivity index (χ0n) is 11.4. The van der Waals surface area contributed by atoms with Crippen molar-refractivity contribution >= 4 is 0 Å². The van der Waals surface area contributed by atoms with E-state index in [0.717, 1.165) is 47.8 Å². The lowest BCUT2D eigenvalue weighted by Gasteiger charge is -2.23. The fraction of sp³-hybridized carbons (Fsp3) is 0.375. The van der Waals surface area contributed by atoms with E-state index in [9.17, 15) is 0 Å². The van der Waals surface area contributed by atoms with Gasteiger partial charge in [-0.15, -0.1) is 0 Å². The number of hydrogen-bond donors (Lipinski definition) is 1. The van der Waals surface area contributed by atoms with Crippen molar-refractivity contribution < 1.29 is 9.15 Å². The summed E-state index contributed by atoms with van der Waals surface area (Å²) in [5.41, 5.74) is 9.77. The molecular weight excluding hydrogens is 238 g/mol. The van der Waals surface area contributed by atoms with E-state index in [-0.39, 0.29) is 6.04 Å². The monoisotopic (exact) mass is 257 g/mol. The molecule has 2 aromatic rings. The van der Waals surface area contributed by atoms with Crippen LogP contribution in [0.15, 0.2) is 28.7 Å². The number of aryl methyl sites for hydroxylation is 3. The quantitative estimate of drug-likeness (QED) is 0.898. The SMILES string of the molecule is Cc1cc(C(N)c2cccc3c2OCCC3)c(C)o1. The van der Waals surface area contributed by atoms with Crippen molar-refractivity contribution in [3.8, 4) is 5.75 Å². The summed E-state index contributed by atoms with van der Waals surface area (Å²) in [7, 11) is 0. The van der Waals surface area contributed by atoms with Crippen LogP contribution in [0.25, 0.3) is 0 Å². The summed E-state index contributed by atoms with van der Waals surface area (Å²) in [5, 5.41) is 0. The molecule has 0 saturated carbocycles. The lowest BCUT2D eigenvalue weighted by molar-refractivity contribution is 0.284. The van der Waals surface area contributed by atoms with E-state index in [1.165, 1.54) is 5.56 Å². The highest BCUT2D eigenvalue weighted by atomic mass is 16.5. The molecule has 0 saturated heterocycles. The van der Waals surface area contributed by atoms with Gasteiger partial charge >= 0.3 is 0 Å². The summed E-state index contributed by atoms with van der Waals surface area (Å²) < 4.78 is 11.4. The molecule has 0 bridgehead atoms. The number of benzene rings is 1. The Morgan fingerprint density at radius 3 is 2.79 bits per heavy atom. The summed E-state index contributed by atoms with van der Waals surface area (Å²) in [6, 6.07) is 8.06. The largest absolute Gasteiger partial charge is 0.493 e. The Hall–Kier alpha value is -1.74. The molecule has 1 unspecified atom stereocenters. The van der Waals surface area contributed by atoms with Crippen LogP contribution in [0.3, 0.4) is 0 Å². The van der Waals surface area contributed by atoms with Crippen molar-refractivity contribution in [1.82, 2.24) is 0 Å². The van der Waals surface area contributed by atoms with Gasteiger partial charge < -0.3 is 14.9 Å². The van der Waals surface area contributed by atoms with Gasteiger partial charge in [-0.2, -0.15) is 0 Å². The van der Waals surface area contributed by atoms with E-state index >= 15 is 0 Å². The minimum atomic E-state index is -0.189. The second kappa shape index (κ2) is 4.74. The standard InChI is InChI=1S/C16H19NO2/c1-10-9-14(11(2)19-10)15(17)13-7-3-5-12-6-4-8-18-16(12)13/h3,5,7,9,15H,4,6,8,17H2,1-2H3. The minimum absolute atomic E-state index is 0.189. The number of hydrogen-bond acceptors (Lipinski definition) is 3. The summed E-state index contributed by atoms with van der Waals surface area (Å²) in [6.45, 7) is 4.68. The summed E-state index contributed by atoms with van der Waals surface area (Å²) in [6.07, 6.45) is 2.15. The molecule has 1 atom stereocenters. The van der Waals surface area contributed by atoms with Crippen molar-refractivity contribution in [2.75, 3.05) is 6.61 Å².